The molecule has 0 aliphatic carbocycles. The van der Waals surface area contributed by atoms with Gasteiger partial charge in [-0.2, -0.15) is 0 Å². The molecule has 1 aromatic carbocycles. The molecule has 0 aliphatic heterocycles. The Labute approximate surface area is 147 Å². The number of ether oxygens (including phenoxy) is 1. The number of nitrogens with one attached hydrogen (secondary N) is 1. The van der Waals surface area contributed by atoms with E-state index in [1.807, 2.05) is 20.8 Å². The summed E-state index contributed by atoms with van der Waals surface area (Å²) in [6.07, 6.45) is 6.50. The molecule has 0 fully saturated rings. The lowest BCUT2D eigenvalue weighted by molar-refractivity contribution is 0.268. The van der Waals surface area contributed by atoms with Crippen molar-refractivity contribution in [2.45, 2.75) is 46.3 Å². The maximum atomic E-state index is 14.6. The highest BCUT2D eigenvalue weighted by atomic mass is 32.1. The Morgan fingerprint density at radius 1 is 1.42 bits per heavy atom. The highest BCUT2D eigenvalue weighted by Crippen LogP contribution is 2.29. The molecule has 3 nitrogen and oxygen atoms in total. The van der Waals surface area contributed by atoms with Crippen LogP contribution in [0.5, 0.6) is 5.75 Å². The number of thiocarbonyl (C=S) groups is 1. The smallest absolute Gasteiger partial charge is 0.170 e. The van der Waals surface area contributed by atoms with E-state index in [0.717, 1.165) is 5.39 Å². The first-order valence-corrected chi connectivity index (χ1v) is 8.07. The third kappa shape index (κ3) is 4.01. The zero-order valence-corrected chi connectivity index (χ0v) is 15.3. The topological polar surface area (TPSA) is 34.1 Å². The second kappa shape index (κ2) is 6.74. The van der Waals surface area contributed by atoms with Gasteiger partial charge < -0.3 is 10.1 Å². The monoisotopic (exact) mass is 344 g/mol. The summed E-state index contributed by atoms with van der Waals surface area (Å²) in [6.45, 7) is 9.46. The summed E-state index contributed by atoms with van der Waals surface area (Å²) in [5.41, 5.74) is 1.45. The molecule has 1 atom stereocenters. The van der Waals surface area contributed by atoms with Crippen LogP contribution in [0.3, 0.4) is 0 Å². The summed E-state index contributed by atoms with van der Waals surface area (Å²) in [5.74, 6) is 2.23. The predicted octanol–water partition coefficient (Wildman–Crippen LogP) is 4.15. The highest BCUT2D eigenvalue weighted by molar-refractivity contribution is 7.80. The number of nitrogens with zero attached hydrogens (tertiary/aromatic N) is 1. The van der Waals surface area contributed by atoms with Crippen molar-refractivity contribution in [3.8, 4) is 18.1 Å². The molecule has 0 spiro atoms. The molecule has 1 aromatic heterocycles. The lowest BCUT2D eigenvalue weighted by Gasteiger charge is -2.26. The molecule has 1 N–H and O–H groups in total. The zero-order valence-electron chi connectivity index (χ0n) is 14.5. The normalized spacial score (nSPS) is 12.5. The fourth-order valence-electron chi connectivity index (χ4n) is 2.28. The third-order valence-electron chi connectivity index (χ3n) is 3.44. The summed E-state index contributed by atoms with van der Waals surface area (Å²) < 4.78 is 20.4. The van der Waals surface area contributed by atoms with Gasteiger partial charge >= 0.3 is 0 Å². The average molecular weight is 344 g/mol. The summed E-state index contributed by atoms with van der Waals surface area (Å²) in [7, 11) is 0. The molecule has 0 aliphatic rings. The van der Waals surface area contributed by atoms with Gasteiger partial charge in [-0.05, 0) is 46.8 Å². The number of hydrogen-bond acceptors (Lipinski definition) is 3. The predicted molar refractivity (Wildman–Crippen MR) is 99.9 cm³/mol. The standard InChI is InChI=1S/C19H21FN2OS/c1-7-13-8-14-9-15(16(20)11(2)17(14)21-10-13)23-12(3)18(24)22-19(4,5)6/h1,8-10,12H,2-6H3,(H,22,24). The maximum Gasteiger partial charge on any atom is 0.170 e. The second-order valence-corrected chi connectivity index (χ2v) is 7.19. The summed E-state index contributed by atoms with van der Waals surface area (Å²) in [5, 5.41) is 3.91. The first-order chi connectivity index (χ1) is 11.1. The number of fused-ring (bicyclic) bond motifs is 1. The van der Waals surface area contributed by atoms with E-state index < -0.39 is 11.9 Å². The van der Waals surface area contributed by atoms with E-state index in [1.54, 1.807) is 32.2 Å². The molecular formula is C19H21FN2OS. The van der Waals surface area contributed by atoms with Crippen LogP contribution in [-0.4, -0.2) is 21.6 Å². The molecule has 5 heteroatoms. The van der Waals surface area contributed by atoms with Crippen LogP contribution < -0.4 is 10.1 Å². The molecule has 2 aromatic rings. The fourth-order valence-corrected chi connectivity index (χ4v) is 2.63. The number of terminal acetylenes is 1. The number of pyridine rings is 1. The molecule has 1 heterocycles. The van der Waals surface area contributed by atoms with Gasteiger partial charge in [-0.1, -0.05) is 18.1 Å². The Morgan fingerprint density at radius 3 is 2.67 bits per heavy atom. The van der Waals surface area contributed by atoms with Crippen molar-refractivity contribution in [3.63, 3.8) is 0 Å². The second-order valence-electron chi connectivity index (χ2n) is 6.75. The Bertz CT molecular complexity index is 834. The molecule has 0 amide bonds. The van der Waals surface area contributed by atoms with E-state index in [4.69, 9.17) is 23.4 Å². The van der Waals surface area contributed by atoms with Gasteiger partial charge in [0.25, 0.3) is 0 Å². The number of rotatable bonds is 3. The Morgan fingerprint density at radius 2 is 2.08 bits per heavy atom. The van der Waals surface area contributed by atoms with Gasteiger partial charge in [0.2, 0.25) is 0 Å². The Balaban J connectivity index is 2.36. The molecule has 1 unspecified atom stereocenters. The molecule has 126 valence electrons. The van der Waals surface area contributed by atoms with Crippen molar-refractivity contribution >= 4 is 28.1 Å². The molecule has 0 radical (unpaired) electrons. The van der Waals surface area contributed by atoms with Gasteiger partial charge in [-0.15, -0.1) is 6.42 Å². The van der Waals surface area contributed by atoms with Crippen LogP contribution >= 0.6 is 12.2 Å². The Hall–Kier alpha value is -2.19. The van der Waals surface area contributed by atoms with Gasteiger partial charge in [0, 0.05) is 28.2 Å². The maximum absolute atomic E-state index is 14.6. The van der Waals surface area contributed by atoms with Gasteiger partial charge in [-0.25, -0.2) is 4.39 Å². The largest absolute Gasteiger partial charge is 0.481 e. The lowest BCUT2D eigenvalue weighted by Crippen LogP contribution is -2.45. The van der Waals surface area contributed by atoms with E-state index >= 15 is 0 Å². The van der Waals surface area contributed by atoms with Crippen LogP contribution in [0.1, 0.15) is 38.8 Å². The first-order valence-electron chi connectivity index (χ1n) is 7.66. The van der Waals surface area contributed by atoms with Crippen LogP contribution in [0.15, 0.2) is 18.3 Å². The van der Waals surface area contributed by atoms with Crippen LogP contribution in [0, 0.1) is 25.1 Å². The lowest BCUT2D eigenvalue weighted by atomic mass is 10.1. The number of halogens is 1. The summed E-state index contributed by atoms with van der Waals surface area (Å²) in [6, 6.07) is 3.40. The van der Waals surface area contributed by atoms with E-state index in [0.29, 0.717) is 21.6 Å². The van der Waals surface area contributed by atoms with Crippen molar-refractivity contribution in [1.29, 1.82) is 0 Å². The minimum Gasteiger partial charge on any atom is -0.481 e. The van der Waals surface area contributed by atoms with E-state index in [9.17, 15) is 4.39 Å². The van der Waals surface area contributed by atoms with Gasteiger partial charge in [0.1, 0.15) is 11.1 Å². The van der Waals surface area contributed by atoms with E-state index in [2.05, 4.69) is 16.2 Å². The van der Waals surface area contributed by atoms with Gasteiger partial charge in [-0.3, -0.25) is 4.98 Å². The molecule has 2 rings (SSSR count). The molecular weight excluding hydrogens is 323 g/mol. The third-order valence-corrected chi connectivity index (χ3v) is 3.88. The van der Waals surface area contributed by atoms with Crippen molar-refractivity contribution < 1.29 is 9.13 Å². The fraction of sp³-hybridized carbons (Fsp3) is 0.368. The van der Waals surface area contributed by atoms with E-state index in [1.165, 1.54) is 0 Å². The highest BCUT2D eigenvalue weighted by Gasteiger charge is 2.20. The summed E-state index contributed by atoms with van der Waals surface area (Å²) >= 11 is 5.34. The van der Waals surface area contributed by atoms with Gasteiger partial charge in [0.05, 0.1) is 5.52 Å². The van der Waals surface area contributed by atoms with Crippen molar-refractivity contribution in [3.05, 3.63) is 35.3 Å². The first kappa shape index (κ1) is 18.2. The summed E-state index contributed by atoms with van der Waals surface area (Å²) in [4.78, 5) is 4.76. The van der Waals surface area contributed by atoms with E-state index in [-0.39, 0.29) is 11.3 Å². The Kier molecular flexibility index (Phi) is 5.10. The van der Waals surface area contributed by atoms with Crippen LogP contribution in [0.4, 0.5) is 4.39 Å². The molecule has 0 bridgehead atoms. The minimum absolute atomic E-state index is 0.140. The van der Waals surface area contributed by atoms with Crippen LogP contribution in [0.2, 0.25) is 0 Å². The SMILES string of the molecule is C#Cc1cnc2c(C)c(F)c(OC(C)C(=S)NC(C)(C)C)cc2c1. The number of aromatic nitrogens is 1. The quantitative estimate of drug-likeness (QED) is 0.670. The molecule has 24 heavy (non-hydrogen) atoms. The van der Waals surface area contributed by atoms with Gasteiger partial charge in [0.15, 0.2) is 11.6 Å². The minimum atomic E-state index is -0.464. The van der Waals surface area contributed by atoms with Crippen molar-refractivity contribution in [1.82, 2.24) is 10.3 Å². The van der Waals surface area contributed by atoms with Crippen molar-refractivity contribution in [2.24, 2.45) is 0 Å². The van der Waals surface area contributed by atoms with Crippen LogP contribution in [-0.2, 0) is 0 Å². The van der Waals surface area contributed by atoms with Crippen LogP contribution in [0.25, 0.3) is 10.9 Å². The van der Waals surface area contributed by atoms with Crippen molar-refractivity contribution in [2.75, 3.05) is 0 Å². The number of aryl methyl sites for hydroxylation is 1. The number of benzene rings is 1. The molecule has 0 saturated heterocycles. The number of hydrogen-bond donors (Lipinski definition) is 1. The average Bonchev–Trinajstić information content (AvgIpc) is 2.50. The zero-order chi connectivity index (χ0) is 18.1. The molecule has 0 saturated carbocycles.